The first-order valence-electron chi connectivity index (χ1n) is 6.98. The van der Waals surface area contributed by atoms with Crippen molar-refractivity contribution < 1.29 is 0 Å². The Balaban J connectivity index is 1.66. The van der Waals surface area contributed by atoms with Gasteiger partial charge in [0.05, 0.1) is 11.9 Å². The summed E-state index contributed by atoms with van der Waals surface area (Å²) < 4.78 is 0. The second kappa shape index (κ2) is 5.71. The summed E-state index contributed by atoms with van der Waals surface area (Å²) in [7, 11) is 0. The molecule has 1 aromatic carbocycles. The zero-order valence-electron chi connectivity index (χ0n) is 11.7. The number of nitrogens with zero attached hydrogens (tertiary/aromatic N) is 4. The van der Waals surface area contributed by atoms with Crippen LogP contribution in [-0.2, 0) is 0 Å². The van der Waals surface area contributed by atoms with Gasteiger partial charge in [-0.05, 0) is 30.3 Å². The minimum Gasteiger partial charge on any atom is -0.399 e. The largest absolute Gasteiger partial charge is 0.399 e. The quantitative estimate of drug-likeness (QED) is 0.850. The fourth-order valence-corrected chi connectivity index (χ4v) is 2.58. The van der Waals surface area contributed by atoms with E-state index in [0.717, 1.165) is 37.6 Å². The van der Waals surface area contributed by atoms with E-state index in [1.807, 2.05) is 30.3 Å². The molecule has 0 amide bonds. The molecular formula is C16H17N5. The van der Waals surface area contributed by atoms with Gasteiger partial charge in [0.25, 0.3) is 0 Å². The molecule has 0 unspecified atom stereocenters. The van der Waals surface area contributed by atoms with E-state index in [1.54, 1.807) is 12.3 Å². The highest BCUT2D eigenvalue weighted by atomic mass is 15.3. The average molecular weight is 279 g/mol. The molecule has 1 aliphatic rings. The van der Waals surface area contributed by atoms with E-state index in [9.17, 15) is 0 Å². The van der Waals surface area contributed by atoms with Crippen molar-refractivity contribution in [2.75, 3.05) is 41.7 Å². The van der Waals surface area contributed by atoms with E-state index in [4.69, 9.17) is 11.0 Å². The summed E-state index contributed by atoms with van der Waals surface area (Å²) in [4.78, 5) is 8.75. The minimum absolute atomic E-state index is 0.456. The number of nitriles is 1. The Hall–Kier alpha value is -2.74. The summed E-state index contributed by atoms with van der Waals surface area (Å²) in [5.74, 6) is 0. The van der Waals surface area contributed by atoms with Gasteiger partial charge in [-0.15, -0.1) is 0 Å². The lowest BCUT2D eigenvalue weighted by molar-refractivity contribution is 0.653. The van der Waals surface area contributed by atoms with Gasteiger partial charge >= 0.3 is 0 Å². The van der Waals surface area contributed by atoms with Crippen LogP contribution in [-0.4, -0.2) is 31.2 Å². The fourth-order valence-electron chi connectivity index (χ4n) is 2.58. The summed E-state index contributed by atoms with van der Waals surface area (Å²) in [6.07, 6.45) is 1.77. The lowest BCUT2D eigenvalue weighted by Crippen LogP contribution is -2.46. The van der Waals surface area contributed by atoms with Gasteiger partial charge < -0.3 is 15.5 Å². The molecule has 0 atom stereocenters. The highest BCUT2D eigenvalue weighted by Gasteiger charge is 2.17. The number of hydrogen-bond acceptors (Lipinski definition) is 5. The summed E-state index contributed by atoms with van der Waals surface area (Å²) in [5.41, 5.74) is 9.34. The number of anilines is 3. The summed E-state index contributed by atoms with van der Waals surface area (Å²) >= 11 is 0. The number of aromatic nitrogens is 1. The Morgan fingerprint density at radius 2 is 1.71 bits per heavy atom. The molecule has 2 N–H and O–H groups in total. The van der Waals surface area contributed by atoms with Crippen LogP contribution < -0.4 is 15.5 Å². The first-order valence-corrected chi connectivity index (χ1v) is 6.98. The number of benzene rings is 1. The number of pyridine rings is 1. The van der Waals surface area contributed by atoms with Gasteiger partial charge in [-0.3, -0.25) is 0 Å². The Morgan fingerprint density at radius 1 is 1.00 bits per heavy atom. The maximum atomic E-state index is 8.78. The van der Waals surface area contributed by atoms with E-state index in [2.05, 4.69) is 20.9 Å². The molecular weight excluding hydrogens is 262 g/mol. The smallest absolute Gasteiger partial charge is 0.140 e. The van der Waals surface area contributed by atoms with Crippen LogP contribution in [0.5, 0.6) is 0 Å². The number of rotatable bonds is 2. The molecule has 1 aromatic heterocycles. The van der Waals surface area contributed by atoms with Crippen LogP contribution in [0.1, 0.15) is 5.69 Å². The molecule has 2 aromatic rings. The van der Waals surface area contributed by atoms with Crippen molar-refractivity contribution in [2.45, 2.75) is 0 Å². The zero-order chi connectivity index (χ0) is 14.7. The van der Waals surface area contributed by atoms with Crippen LogP contribution >= 0.6 is 0 Å². The van der Waals surface area contributed by atoms with E-state index < -0.39 is 0 Å². The SMILES string of the molecule is N#Cc1ccc(N2CCN(c3cccc(N)c3)CC2)cn1. The maximum Gasteiger partial charge on any atom is 0.140 e. The Kier molecular flexibility index (Phi) is 3.61. The molecule has 0 saturated carbocycles. The molecule has 0 bridgehead atoms. The molecule has 5 nitrogen and oxygen atoms in total. The second-order valence-electron chi connectivity index (χ2n) is 5.08. The third kappa shape index (κ3) is 2.90. The average Bonchev–Trinajstić information content (AvgIpc) is 2.55. The Morgan fingerprint density at radius 3 is 2.29 bits per heavy atom. The van der Waals surface area contributed by atoms with Gasteiger partial charge in [-0.25, -0.2) is 4.98 Å². The van der Waals surface area contributed by atoms with Crippen LogP contribution in [0, 0.1) is 11.3 Å². The van der Waals surface area contributed by atoms with Gasteiger partial charge in [0.1, 0.15) is 11.8 Å². The van der Waals surface area contributed by atoms with E-state index in [1.165, 1.54) is 5.69 Å². The summed E-state index contributed by atoms with van der Waals surface area (Å²) in [6.45, 7) is 3.76. The Labute approximate surface area is 124 Å². The van der Waals surface area contributed by atoms with Gasteiger partial charge in [-0.2, -0.15) is 5.26 Å². The molecule has 106 valence electrons. The van der Waals surface area contributed by atoms with Crippen molar-refractivity contribution in [3.8, 4) is 6.07 Å². The first-order chi connectivity index (χ1) is 10.3. The van der Waals surface area contributed by atoms with Gasteiger partial charge in [0.2, 0.25) is 0 Å². The van der Waals surface area contributed by atoms with Gasteiger partial charge in [0.15, 0.2) is 0 Å². The van der Waals surface area contributed by atoms with Crippen molar-refractivity contribution in [2.24, 2.45) is 0 Å². The molecule has 5 heteroatoms. The number of nitrogens with two attached hydrogens (primary N) is 1. The van der Waals surface area contributed by atoms with Gasteiger partial charge in [-0.1, -0.05) is 6.07 Å². The second-order valence-corrected chi connectivity index (χ2v) is 5.08. The van der Waals surface area contributed by atoms with Crippen LogP contribution in [0.2, 0.25) is 0 Å². The molecule has 1 aliphatic heterocycles. The summed E-state index contributed by atoms with van der Waals surface area (Å²) in [5, 5.41) is 8.78. The molecule has 1 fully saturated rings. The van der Waals surface area contributed by atoms with E-state index in [-0.39, 0.29) is 0 Å². The number of hydrogen-bond donors (Lipinski definition) is 1. The molecule has 21 heavy (non-hydrogen) atoms. The van der Waals surface area contributed by atoms with Crippen LogP contribution in [0.25, 0.3) is 0 Å². The molecule has 0 spiro atoms. The third-order valence-electron chi connectivity index (χ3n) is 3.74. The first kappa shape index (κ1) is 13.3. The molecule has 0 radical (unpaired) electrons. The predicted molar refractivity (Wildman–Crippen MR) is 84.2 cm³/mol. The molecule has 2 heterocycles. The summed E-state index contributed by atoms with van der Waals surface area (Å²) in [6, 6.07) is 13.8. The Bertz CT molecular complexity index is 651. The topological polar surface area (TPSA) is 69.2 Å². The lowest BCUT2D eigenvalue weighted by atomic mass is 10.2. The minimum atomic E-state index is 0.456. The van der Waals surface area contributed by atoms with E-state index >= 15 is 0 Å². The highest BCUT2D eigenvalue weighted by molar-refractivity contribution is 5.57. The third-order valence-corrected chi connectivity index (χ3v) is 3.74. The number of piperazine rings is 1. The molecule has 0 aliphatic carbocycles. The van der Waals surface area contributed by atoms with Crippen molar-refractivity contribution in [1.29, 1.82) is 5.26 Å². The predicted octanol–water partition coefficient (Wildman–Crippen LogP) is 1.86. The molecule has 3 rings (SSSR count). The maximum absolute atomic E-state index is 8.78. The van der Waals surface area contributed by atoms with E-state index in [0.29, 0.717) is 5.69 Å². The fraction of sp³-hybridized carbons (Fsp3) is 0.250. The normalized spacial score (nSPS) is 14.8. The van der Waals surface area contributed by atoms with Crippen LogP contribution in [0.15, 0.2) is 42.6 Å². The standard InChI is InChI=1S/C16H17N5/c17-11-14-4-5-16(12-19-14)21-8-6-20(7-9-21)15-3-1-2-13(18)10-15/h1-5,10,12H,6-9,18H2. The zero-order valence-corrected chi connectivity index (χ0v) is 11.7. The number of nitrogen functional groups attached to an aromatic ring is 1. The van der Waals surface area contributed by atoms with Gasteiger partial charge in [0, 0.05) is 37.6 Å². The van der Waals surface area contributed by atoms with Crippen molar-refractivity contribution in [3.63, 3.8) is 0 Å². The highest BCUT2D eigenvalue weighted by Crippen LogP contribution is 2.21. The van der Waals surface area contributed by atoms with Crippen molar-refractivity contribution in [1.82, 2.24) is 4.98 Å². The lowest BCUT2D eigenvalue weighted by Gasteiger charge is -2.37. The van der Waals surface area contributed by atoms with Crippen LogP contribution in [0.3, 0.4) is 0 Å². The van der Waals surface area contributed by atoms with Crippen LogP contribution in [0.4, 0.5) is 17.1 Å². The monoisotopic (exact) mass is 279 g/mol. The van der Waals surface area contributed by atoms with Crippen molar-refractivity contribution >= 4 is 17.1 Å². The molecule has 1 saturated heterocycles. The van der Waals surface area contributed by atoms with Crippen molar-refractivity contribution in [3.05, 3.63) is 48.3 Å².